The number of H-pyrrole nitrogens is 1. The number of nitrogens with one attached hydrogen (secondary N) is 3. The molecular weight excluding hydrogens is 376 g/mol. The molecule has 0 spiro atoms. The molecule has 4 N–H and O–H groups in total. The molecule has 3 aromatic rings. The quantitative estimate of drug-likeness (QED) is 0.365. The van der Waals surface area contributed by atoms with Gasteiger partial charge >= 0.3 is 0 Å². The second kappa shape index (κ2) is 9.23. The van der Waals surface area contributed by atoms with Crippen LogP contribution in [0.4, 0.5) is 5.13 Å². The number of aryl methyl sites for hydroxylation is 2. The number of aromatic amines is 1. The molecule has 3 heterocycles. The summed E-state index contributed by atoms with van der Waals surface area (Å²) in [5.41, 5.74) is 2.15. The van der Waals surface area contributed by atoms with Crippen LogP contribution < -0.4 is 16.2 Å². The average Bonchev–Trinajstić information content (AvgIpc) is 2.99. The van der Waals surface area contributed by atoms with Crippen molar-refractivity contribution in [1.82, 2.24) is 25.3 Å². The van der Waals surface area contributed by atoms with Crippen LogP contribution in [0.5, 0.6) is 0 Å². The van der Waals surface area contributed by atoms with E-state index in [-0.39, 0.29) is 5.56 Å². The summed E-state index contributed by atoms with van der Waals surface area (Å²) >= 11 is 1.37. The van der Waals surface area contributed by atoms with E-state index in [1.165, 1.54) is 17.4 Å². The summed E-state index contributed by atoms with van der Waals surface area (Å²) in [7, 11) is 0. The van der Waals surface area contributed by atoms with Crippen molar-refractivity contribution in [3.05, 3.63) is 68.6 Å². The lowest BCUT2D eigenvalue weighted by Crippen LogP contribution is -2.37. The van der Waals surface area contributed by atoms with Gasteiger partial charge in [-0.15, -0.1) is 0 Å². The molecule has 0 amide bonds. The highest BCUT2D eigenvalue weighted by atomic mass is 32.1. The van der Waals surface area contributed by atoms with Crippen LogP contribution in [0.2, 0.25) is 0 Å². The van der Waals surface area contributed by atoms with E-state index in [0.717, 1.165) is 16.1 Å². The van der Waals surface area contributed by atoms with Gasteiger partial charge < -0.3 is 15.4 Å². The Balaban J connectivity index is 1.54. The third kappa shape index (κ3) is 5.72. The van der Waals surface area contributed by atoms with Crippen LogP contribution in [0.3, 0.4) is 0 Å². The molecule has 0 saturated carbocycles. The molecule has 0 fully saturated rings. The number of aliphatic hydroxyl groups excluding tert-OH is 1. The zero-order valence-corrected chi connectivity index (χ0v) is 16.3. The fourth-order valence-corrected chi connectivity index (χ4v) is 3.24. The third-order valence-corrected chi connectivity index (χ3v) is 4.68. The smallest absolute Gasteiger partial charge is 0.251 e. The SMILES string of the molecule is Cc1cc(=O)[nH]c(CCNC(O)Nc2nc(C)c(C#Cc3ccncc3)s2)n1. The van der Waals surface area contributed by atoms with Crippen LogP contribution >= 0.6 is 11.3 Å². The van der Waals surface area contributed by atoms with Crippen molar-refractivity contribution < 1.29 is 5.11 Å². The van der Waals surface area contributed by atoms with Crippen LogP contribution in [0, 0.1) is 25.7 Å². The van der Waals surface area contributed by atoms with E-state index in [1.54, 1.807) is 19.3 Å². The predicted molar refractivity (Wildman–Crippen MR) is 108 cm³/mol. The molecule has 0 aliphatic rings. The Morgan fingerprint density at radius 1 is 1.25 bits per heavy atom. The van der Waals surface area contributed by atoms with Crippen molar-refractivity contribution in [3.63, 3.8) is 0 Å². The van der Waals surface area contributed by atoms with Crippen molar-refractivity contribution in [2.45, 2.75) is 26.6 Å². The fourth-order valence-electron chi connectivity index (χ4n) is 2.39. The first-order chi connectivity index (χ1) is 13.5. The molecule has 1 unspecified atom stereocenters. The largest absolute Gasteiger partial charge is 0.361 e. The van der Waals surface area contributed by atoms with E-state index in [1.807, 2.05) is 19.1 Å². The highest BCUT2D eigenvalue weighted by Gasteiger charge is 2.09. The maximum atomic E-state index is 11.4. The Morgan fingerprint density at radius 2 is 2.04 bits per heavy atom. The van der Waals surface area contributed by atoms with Gasteiger partial charge in [0, 0.05) is 42.7 Å². The minimum absolute atomic E-state index is 0.181. The van der Waals surface area contributed by atoms with Crippen LogP contribution in [-0.2, 0) is 6.42 Å². The Morgan fingerprint density at radius 3 is 2.79 bits per heavy atom. The van der Waals surface area contributed by atoms with Crippen LogP contribution in [0.25, 0.3) is 0 Å². The number of rotatable bonds is 6. The first-order valence-corrected chi connectivity index (χ1v) is 9.45. The second-order valence-electron chi connectivity index (χ2n) is 6.00. The van der Waals surface area contributed by atoms with E-state index >= 15 is 0 Å². The normalized spacial score (nSPS) is 11.5. The van der Waals surface area contributed by atoms with Crippen molar-refractivity contribution >= 4 is 16.5 Å². The summed E-state index contributed by atoms with van der Waals surface area (Å²) in [6.45, 7) is 4.07. The third-order valence-electron chi connectivity index (χ3n) is 3.68. The maximum Gasteiger partial charge on any atom is 0.251 e. The van der Waals surface area contributed by atoms with Crippen LogP contribution in [0.15, 0.2) is 35.4 Å². The van der Waals surface area contributed by atoms with Gasteiger partial charge in [0.2, 0.25) is 0 Å². The van der Waals surface area contributed by atoms with Gasteiger partial charge in [0.1, 0.15) is 10.7 Å². The van der Waals surface area contributed by atoms with E-state index in [0.29, 0.717) is 29.6 Å². The number of hydrogen-bond donors (Lipinski definition) is 4. The van der Waals surface area contributed by atoms with Gasteiger partial charge in [-0.2, -0.15) is 0 Å². The monoisotopic (exact) mass is 396 g/mol. The van der Waals surface area contributed by atoms with Gasteiger partial charge in [-0.1, -0.05) is 17.3 Å². The molecular formula is C19H20N6O2S. The summed E-state index contributed by atoms with van der Waals surface area (Å²) < 4.78 is 0. The number of anilines is 1. The summed E-state index contributed by atoms with van der Waals surface area (Å²) in [5.74, 6) is 6.73. The number of aliphatic hydroxyl groups is 1. The summed E-state index contributed by atoms with van der Waals surface area (Å²) in [5, 5.41) is 16.5. The van der Waals surface area contributed by atoms with E-state index in [2.05, 4.69) is 42.4 Å². The van der Waals surface area contributed by atoms with Crippen LogP contribution in [-0.4, -0.2) is 37.9 Å². The van der Waals surface area contributed by atoms with Gasteiger partial charge in [-0.3, -0.25) is 15.1 Å². The lowest BCUT2D eigenvalue weighted by molar-refractivity contribution is 0.166. The predicted octanol–water partition coefficient (Wildman–Crippen LogP) is 1.16. The van der Waals surface area contributed by atoms with Crippen molar-refractivity contribution in [3.8, 4) is 11.8 Å². The van der Waals surface area contributed by atoms with Crippen molar-refractivity contribution in [2.24, 2.45) is 0 Å². The number of pyridine rings is 1. The van der Waals surface area contributed by atoms with E-state index in [9.17, 15) is 9.90 Å². The fraction of sp³-hybridized carbons (Fsp3) is 0.263. The van der Waals surface area contributed by atoms with Gasteiger partial charge in [0.25, 0.3) is 5.56 Å². The molecule has 3 aromatic heterocycles. The molecule has 0 aromatic carbocycles. The molecule has 28 heavy (non-hydrogen) atoms. The van der Waals surface area contributed by atoms with Crippen LogP contribution in [0.1, 0.15) is 27.7 Å². The molecule has 0 aliphatic carbocycles. The molecule has 3 rings (SSSR count). The standard InChI is InChI=1S/C19H20N6O2S/c1-12-11-17(26)24-16(22-12)7-10-21-18(27)25-19-23-13(2)15(28-19)4-3-14-5-8-20-9-6-14/h5-6,8-9,11,18,21,27H,7,10H2,1-2H3,(H,23,25)(H,22,24,26). The topological polar surface area (TPSA) is 116 Å². The molecule has 9 heteroatoms. The zero-order chi connectivity index (χ0) is 19.9. The summed E-state index contributed by atoms with van der Waals surface area (Å²) in [6.07, 6.45) is 2.89. The Kier molecular flexibility index (Phi) is 6.49. The lowest BCUT2D eigenvalue weighted by atomic mass is 10.2. The summed E-state index contributed by atoms with van der Waals surface area (Å²) in [6, 6.07) is 5.12. The van der Waals surface area contributed by atoms with Gasteiger partial charge in [-0.25, -0.2) is 9.97 Å². The number of thiazole rings is 1. The van der Waals surface area contributed by atoms with Gasteiger partial charge in [0.05, 0.1) is 5.69 Å². The molecule has 1 atom stereocenters. The Hall–Kier alpha value is -3.06. The minimum Gasteiger partial charge on any atom is -0.361 e. The van der Waals surface area contributed by atoms with Crippen molar-refractivity contribution in [1.29, 1.82) is 0 Å². The zero-order valence-electron chi connectivity index (χ0n) is 15.5. The number of aromatic nitrogens is 4. The van der Waals surface area contributed by atoms with Gasteiger partial charge in [0.15, 0.2) is 11.5 Å². The molecule has 144 valence electrons. The number of nitrogens with zero attached hydrogens (tertiary/aromatic N) is 3. The highest BCUT2D eigenvalue weighted by Crippen LogP contribution is 2.21. The first kappa shape index (κ1) is 19.7. The molecule has 0 bridgehead atoms. The average molecular weight is 396 g/mol. The maximum absolute atomic E-state index is 11.4. The Bertz CT molecular complexity index is 1050. The van der Waals surface area contributed by atoms with E-state index in [4.69, 9.17) is 0 Å². The van der Waals surface area contributed by atoms with Gasteiger partial charge in [-0.05, 0) is 31.9 Å². The van der Waals surface area contributed by atoms with E-state index < -0.39 is 6.35 Å². The first-order valence-electron chi connectivity index (χ1n) is 8.64. The molecule has 0 radical (unpaired) electrons. The number of hydrogen-bond acceptors (Lipinski definition) is 8. The van der Waals surface area contributed by atoms with Crippen molar-refractivity contribution in [2.75, 3.05) is 11.9 Å². The second-order valence-corrected chi connectivity index (χ2v) is 7.00. The molecule has 8 nitrogen and oxygen atoms in total. The minimum atomic E-state index is -0.983. The Labute approximate surface area is 166 Å². The molecule has 0 saturated heterocycles. The highest BCUT2D eigenvalue weighted by molar-refractivity contribution is 7.16. The lowest BCUT2D eigenvalue weighted by Gasteiger charge is -2.13. The molecule has 0 aliphatic heterocycles. The summed E-state index contributed by atoms with van der Waals surface area (Å²) in [4.78, 5) is 27.5.